The van der Waals surface area contributed by atoms with E-state index in [9.17, 15) is 4.79 Å². The summed E-state index contributed by atoms with van der Waals surface area (Å²) in [4.78, 5) is 16.4. The largest absolute Gasteiger partial charge is 0.322 e. The molecule has 0 spiro atoms. The van der Waals surface area contributed by atoms with E-state index in [0.717, 1.165) is 14.4 Å². The lowest BCUT2D eigenvalue weighted by Crippen LogP contribution is -2.22. The normalized spacial score (nSPS) is 12.2. The molecule has 0 fully saturated rings. The maximum atomic E-state index is 12.4. The molecule has 0 saturated heterocycles. The van der Waals surface area contributed by atoms with Crippen molar-refractivity contribution in [3.8, 4) is 0 Å². The monoisotopic (exact) mass is 464 g/mol. The molecule has 0 bridgehead atoms. The highest BCUT2D eigenvalue weighted by atomic mass is 35.5. The third-order valence-electron chi connectivity index (χ3n) is 4.06. The van der Waals surface area contributed by atoms with Crippen molar-refractivity contribution in [2.45, 2.75) is 46.4 Å². The minimum atomic E-state index is -0.333. The van der Waals surface area contributed by atoms with Crippen LogP contribution in [0.25, 0.3) is 0 Å². The summed E-state index contributed by atoms with van der Waals surface area (Å²) < 4.78 is 1.66. The number of hydrogen-bond donors (Lipinski definition) is 1. The molecule has 0 aliphatic carbocycles. The van der Waals surface area contributed by atoms with Gasteiger partial charge in [-0.25, -0.2) is 4.98 Å². The van der Waals surface area contributed by atoms with Crippen molar-refractivity contribution in [2.24, 2.45) is 0 Å². The molecule has 0 radical (unpaired) electrons. The van der Waals surface area contributed by atoms with E-state index in [1.165, 1.54) is 34.2 Å². The number of nitrogens with one attached hydrogen (secondary N) is 1. The molecule has 29 heavy (non-hydrogen) atoms. The number of rotatable bonds is 8. The SMILES string of the molecule is CC(Sc1nnc(SCc2ccc(C(C)C)cc2)s1)C(=O)Nc1cccnc1Cl. The second-order valence-corrected chi connectivity index (χ2v) is 10.8. The first-order chi connectivity index (χ1) is 13.9. The van der Waals surface area contributed by atoms with Gasteiger partial charge < -0.3 is 5.32 Å². The fraction of sp³-hybridized carbons (Fsp3) is 0.300. The number of halogens is 1. The Bertz CT molecular complexity index is 962. The Balaban J connectivity index is 1.51. The Kier molecular flexibility index (Phi) is 7.94. The number of pyridine rings is 1. The average Bonchev–Trinajstić information content (AvgIpc) is 3.15. The maximum absolute atomic E-state index is 12.4. The van der Waals surface area contributed by atoms with Crippen LogP contribution in [-0.2, 0) is 10.5 Å². The van der Waals surface area contributed by atoms with E-state index in [2.05, 4.69) is 58.6 Å². The van der Waals surface area contributed by atoms with E-state index in [1.807, 2.05) is 6.92 Å². The molecule has 1 unspecified atom stereocenters. The van der Waals surface area contributed by atoms with E-state index in [0.29, 0.717) is 11.6 Å². The number of nitrogens with zero attached hydrogens (tertiary/aromatic N) is 3. The standard InChI is InChI=1S/C20H21ClN4OS3/c1-12(2)15-8-6-14(7-9-15)11-27-19-24-25-20(29-19)28-13(3)18(26)23-16-5-4-10-22-17(16)21/h4-10,12-13H,11H2,1-3H3,(H,23,26). The quantitative estimate of drug-likeness (QED) is 0.320. The van der Waals surface area contributed by atoms with Crippen LogP contribution in [0.2, 0.25) is 5.15 Å². The van der Waals surface area contributed by atoms with Gasteiger partial charge >= 0.3 is 0 Å². The van der Waals surface area contributed by atoms with Crippen molar-refractivity contribution in [3.63, 3.8) is 0 Å². The zero-order valence-corrected chi connectivity index (χ0v) is 19.5. The predicted octanol–water partition coefficient (Wildman–Crippen LogP) is 6.12. The van der Waals surface area contributed by atoms with Gasteiger partial charge in [0.2, 0.25) is 5.91 Å². The molecule has 9 heteroatoms. The fourth-order valence-electron chi connectivity index (χ4n) is 2.37. The molecule has 0 saturated carbocycles. The first-order valence-corrected chi connectivity index (χ1v) is 12.1. The Morgan fingerprint density at radius 1 is 1.14 bits per heavy atom. The van der Waals surface area contributed by atoms with Crippen LogP contribution in [-0.4, -0.2) is 26.3 Å². The van der Waals surface area contributed by atoms with Gasteiger partial charge in [-0.05, 0) is 36.1 Å². The zero-order chi connectivity index (χ0) is 20.8. The summed E-state index contributed by atoms with van der Waals surface area (Å²) in [6.45, 7) is 6.21. The molecular formula is C20H21ClN4OS3. The molecule has 1 N–H and O–H groups in total. The van der Waals surface area contributed by atoms with Crippen molar-refractivity contribution in [3.05, 3.63) is 58.9 Å². The number of amides is 1. The minimum Gasteiger partial charge on any atom is -0.322 e. The minimum absolute atomic E-state index is 0.153. The van der Waals surface area contributed by atoms with Gasteiger partial charge in [-0.2, -0.15) is 0 Å². The third-order valence-corrected chi connectivity index (χ3v) is 7.67. The average molecular weight is 465 g/mol. The smallest absolute Gasteiger partial charge is 0.237 e. The molecular weight excluding hydrogens is 444 g/mol. The molecule has 1 aromatic carbocycles. The summed E-state index contributed by atoms with van der Waals surface area (Å²) in [7, 11) is 0. The van der Waals surface area contributed by atoms with Crippen LogP contribution in [0.3, 0.4) is 0 Å². The van der Waals surface area contributed by atoms with Crippen LogP contribution < -0.4 is 5.32 Å². The molecule has 2 heterocycles. The molecule has 1 atom stereocenters. The van der Waals surface area contributed by atoms with Crippen LogP contribution in [0.5, 0.6) is 0 Å². The Hall–Kier alpha value is -1.61. The molecule has 5 nitrogen and oxygen atoms in total. The van der Waals surface area contributed by atoms with Gasteiger partial charge in [-0.1, -0.05) is 84.6 Å². The molecule has 3 aromatic rings. The highest BCUT2D eigenvalue weighted by molar-refractivity contribution is 8.03. The van der Waals surface area contributed by atoms with Crippen molar-refractivity contribution in [1.29, 1.82) is 0 Å². The summed E-state index contributed by atoms with van der Waals surface area (Å²) in [5, 5.41) is 11.2. The maximum Gasteiger partial charge on any atom is 0.237 e. The Labute approximate surface area is 188 Å². The summed E-state index contributed by atoms with van der Waals surface area (Å²) >= 11 is 10.5. The third kappa shape index (κ3) is 6.44. The first-order valence-electron chi connectivity index (χ1n) is 9.05. The van der Waals surface area contributed by atoms with Crippen LogP contribution in [0.15, 0.2) is 51.3 Å². The van der Waals surface area contributed by atoms with Gasteiger partial charge in [0, 0.05) is 11.9 Å². The molecule has 0 aliphatic rings. The predicted molar refractivity (Wildman–Crippen MR) is 123 cm³/mol. The number of benzene rings is 1. The van der Waals surface area contributed by atoms with Crippen LogP contribution in [0.1, 0.15) is 37.8 Å². The molecule has 1 amide bonds. The summed E-state index contributed by atoms with van der Waals surface area (Å²) in [6.07, 6.45) is 1.58. The van der Waals surface area contributed by atoms with E-state index in [-0.39, 0.29) is 16.3 Å². The lowest BCUT2D eigenvalue weighted by Gasteiger charge is -2.10. The Morgan fingerprint density at radius 2 is 1.86 bits per heavy atom. The zero-order valence-electron chi connectivity index (χ0n) is 16.3. The molecule has 3 rings (SSSR count). The first kappa shape index (κ1) is 22.1. The van der Waals surface area contributed by atoms with Crippen molar-refractivity contribution in [2.75, 3.05) is 5.32 Å². The van der Waals surface area contributed by atoms with E-state index >= 15 is 0 Å². The second kappa shape index (κ2) is 10.4. The number of thioether (sulfide) groups is 2. The lowest BCUT2D eigenvalue weighted by molar-refractivity contribution is -0.115. The van der Waals surface area contributed by atoms with E-state index in [4.69, 9.17) is 11.6 Å². The van der Waals surface area contributed by atoms with Gasteiger partial charge in [0.15, 0.2) is 13.8 Å². The number of carbonyl (C=O) groups is 1. The number of hydrogen-bond acceptors (Lipinski definition) is 7. The second-order valence-electron chi connectivity index (χ2n) is 6.61. The topological polar surface area (TPSA) is 67.8 Å². The molecule has 0 aliphatic heterocycles. The van der Waals surface area contributed by atoms with Gasteiger partial charge in [-0.15, -0.1) is 10.2 Å². The van der Waals surface area contributed by atoms with Crippen LogP contribution in [0, 0.1) is 0 Å². The summed E-state index contributed by atoms with van der Waals surface area (Å²) in [5.74, 6) is 1.22. The Morgan fingerprint density at radius 3 is 2.55 bits per heavy atom. The van der Waals surface area contributed by atoms with E-state index in [1.54, 1.807) is 30.1 Å². The highest BCUT2D eigenvalue weighted by Crippen LogP contribution is 2.33. The van der Waals surface area contributed by atoms with Crippen molar-refractivity contribution >= 4 is 58.1 Å². The van der Waals surface area contributed by atoms with Gasteiger partial charge in [0.25, 0.3) is 0 Å². The van der Waals surface area contributed by atoms with Gasteiger partial charge in [-0.3, -0.25) is 4.79 Å². The fourth-order valence-corrected chi connectivity index (χ4v) is 5.65. The molecule has 2 aromatic heterocycles. The number of anilines is 1. The lowest BCUT2D eigenvalue weighted by atomic mass is 10.0. The van der Waals surface area contributed by atoms with Gasteiger partial charge in [0.1, 0.15) is 0 Å². The van der Waals surface area contributed by atoms with E-state index < -0.39 is 0 Å². The van der Waals surface area contributed by atoms with Crippen LogP contribution in [0.4, 0.5) is 5.69 Å². The van der Waals surface area contributed by atoms with Crippen LogP contribution >= 0.6 is 46.5 Å². The summed E-state index contributed by atoms with van der Waals surface area (Å²) in [5.41, 5.74) is 3.10. The highest BCUT2D eigenvalue weighted by Gasteiger charge is 2.18. The van der Waals surface area contributed by atoms with Crippen molar-refractivity contribution < 1.29 is 4.79 Å². The molecule has 152 valence electrons. The van der Waals surface area contributed by atoms with Crippen molar-refractivity contribution in [1.82, 2.24) is 15.2 Å². The summed E-state index contributed by atoms with van der Waals surface area (Å²) in [6, 6.07) is 12.1. The van der Waals surface area contributed by atoms with Gasteiger partial charge in [0.05, 0.1) is 10.9 Å². The number of aromatic nitrogens is 3. The number of carbonyl (C=O) groups excluding carboxylic acids is 1.